The lowest BCUT2D eigenvalue weighted by atomic mass is 10.1. The minimum atomic E-state index is -0.0340. The summed E-state index contributed by atoms with van der Waals surface area (Å²) < 4.78 is 5.29. The van der Waals surface area contributed by atoms with Crippen molar-refractivity contribution in [2.45, 2.75) is 110 Å². The van der Waals surface area contributed by atoms with Crippen molar-refractivity contribution in [3.63, 3.8) is 0 Å². The number of allylic oxidation sites excluding steroid dienone is 2. The highest BCUT2D eigenvalue weighted by atomic mass is 16.5. The molecule has 0 aromatic rings. The molecule has 140 valence electrons. The van der Waals surface area contributed by atoms with Gasteiger partial charge in [-0.2, -0.15) is 0 Å². The second-order valence-electron chi connectivity index (χ2n) is 7.43. The zero-order valence-electron chi connectivity index (χ0n) is 16.1. The number of rotatable bonds is 17. The van der Waals surface area contributed by atoms with Gasteiger partial charge in [0.1, 0.15) is 0 Å². The highest BCUT2D eigenvalue weighted by molar-refractivity contribution is 5.69. The summed E-state index contributed by atoms with van der Waals surface area (Å²) in [5.41, 5.74) is 0. The van der Waals surface area contributed by atoms with Crippen LogP contribution in [-0.4, -0.2) is 12.6 Å². The van der Waals surface area contributed by atoms with Crippen LogP contribution >= 0.6 is 0 Å². The summed E-state index contributed by atoms with van der Waals surface area (Å²) >= 11 is 0. The molecule has 0 aromatic carbocycles. The van der Waals surface area contributed by atoms with E-state index in [1.165, 1.54) is 77.0 Å². The second kappa shape index (κ2) is 15.7. The minimum absolute atomic E-state index is 0.0340. The Morgan fingerprint density at radius 1 is 0.875 bits per heavy atom. The Hall–Kier alpha value is -0.790. The first kappa shape index (κ1) is 21.3. The number of carbonyl (C=O) groups is 1. The van der Waals surface area contributed by atoms with Gasteiger partial charge < -0.3 is 4.74 Å². The Labute approximate surface area is 150 Å². The van der Waals surface area contributed by atoms with Crippen molar-refractivity contribution in [1.29, 1.82) is 0 Å². The molecule has 0 aromatic heterocycles. The first-order chi connectivity index (χ1) is 11.8. The highest BCUT2D eigenvalue weighted by Gasteiger charge is 2.19. The molecule has 0 N–H and O–H groups in total. The van der Waals surface area contributed by atoms with Crippen molar-refractivity contribution in [3.05, 3.63) is 12.2 Å². The zero-order valence-corrected chi connectivity index (χ0v) is 16.1. The molecular weight excluding hydrogens is 296 g/mol. The van der Waals surface area contributed by atoms with Gasteiger partial charge in [-0.1, -0.05) is 89.7 Å². The monoisotopic (exact) mass is 336 g/mol. The van der Waals surface area contributed by atoms with Crippen LogP contribution in [-0.2, 0) is 9.53 Å². The molecule has 0 atom stereocenters. The molecule has 0 amide bonds. The number of esters is 1. The third kappa shape index (κ3) is 14.8. The lowest BCUT2D eigenvalue weighted by Gasteiger charge is -2.04. The molecule has 0 bridgehead atoms. The molecule has 0 saturated heterocycles. The molecule has 24 heavy (non-hydrogen) atoms. The number of ether oxygens (including phenoxy) is 1. The molecule has 1 aliphatic rings. The third-order valence-corrected chi connectivity index (χ3v) is 4.87. The van der Waals surface area contributed by atoms with Crippen molar-refractivity contribution in [2.24, 2.45) is 5.92 Å². The molecule has 0 aliphatic heterocycles. The van der Waals surface area contributed by atoms with E-state index in [-0.39, 0.29) is 5.97 Å². The van der Waals surface area contributed by atoms with Crippen LogP contribution in [0.1, 0.15) is 110 Å². The number of hydrogen-bond acceptors (Lipinski definition) is 2. The van der Waals surface area contributed by atoms with Crippen LogP contribution in [0.3, 0.4) is 0 Å². The quantitative estimate of drug-likeness (QED) is 0.163. The van der Waals surface area contributed by atoms with Crippen LogP contribution in [0, 0.1) is 5.92 Å². The number of carbonyl (C=O) groups excluding carboxylic acids is 1. The van der Waals surface area contributed by atoms with Gasteiger partial charge in [0.2, 0.25) is 0 Å². The molecule has 1 rings (SSSR count). The number of hydrogen-bond donors (Lipinski definition) is 0. The van der Waals surface area contributed by atoms with Crippen LogP contribution in [0.5, 0.6) is 0 Å². The van der Waals surface area contributed by atoms with Crippen LogP contribution < -0.4 is 0 Å². The van der Waals surface area contributed by atoms with E-state index in [1.54, 1.807) is 0 Å². The van der Waals surface area contributed by atoms with E-state index >= 15 is 0 Å². The lowest BCUT2D eigenvalue weighted by Crippen LogP contribution is -2.05. The standard InChI is InChI=1S/C22H40O2/c1-2-3-4-5-7-11-14-17-22(23)24-20-15-12-9-6-8-10-13-16-21-18-19-21/h7,11,21H,2-6,8-10,12-20H2,1H3. The Morgan fingerprint density at radius 3 is 2.25 bits per heavy atom. The van der Waals surface area contributed by atoms with E-state index in [0.717, 1.165) is 25.2 Å². The van der Waals surface area contributed by atoms with Crippen molar-refractivity contribution in [1.82, 2.24) is 0 Å². The summed E-state index contributed by atoms with van der Waals surface area (Å²) in [6.45, 7) is 2.83. The van der Waals surface area contributed by atoms with E-state index in [9.17, 15) is 4.79 Å². The molecule has 0 spiro atoms. The van der Waals surface area contributed by atoms with Gasteiger partial charge in [0, 0.05) is 6.42 Å². The van der Waals surface area contributed by atoms with E-state index in [1.807, 2.05) is 0 Å². The molecule has 1 aliphatic carbocycles. The summed E-state index contributed by atoms with van der Waals surface area (Å²) in [4.78, 5) is 11.6. The summed E-state index contributed by atoms with van der Waals surface area (Å²) in [6.07, 6.45) is 24.2. The summed E-state index contributed by atoms with van der Waals surface area (Å²) in [5.74, 6) is 1.06. The topological polar surface area (TPSA) is 26.3 Å². The van der Waals surface area contributed by atoms with Crippen LogP contribution in [0.25, 0.3) is 0 Å². The van der Waals surface area contributed by atoms with Gasteiger partial charge in [0.25, 0.3) is 0 Å². The summed E-state index contributed by atoms with van der Waals surface area (Å²) in [5, 5.41) is 0. The maximum atomic E-state index is 11.6. The van der Waals surface area contributed by atoms with Gasteiger partial charge in [-0.05, 0) is 31.6 Å². The van der Waals surface area contributed by atoms with Gasteiger partial charge in [0.15, 0.2) is 0 Å². The molecular formula is C22H40O2. The van der Waals surface area contributed by atoms with E-state index in [4.69, 9.17) is 4.74 Å². The third-order valence-electron chi connectivity index (χ3n) is 4.87. The Balaban J connectivity index is 1.73. The van der Waals surface area contributed by atoms with Crippen LogP contribution in [0.15, 0.2) is 12.2 Å². The Morgan fingerprint density at radius 2 is 1.54 bits per heavy atom. The average Bonchev–Trinajstić information content (AvgIpc) is 3.40. The van der Waals surface area contributed by atoms with Crippen molar-refractivity contribution < 1.29 is 9.53 Å². The van der Waals surface area contributed by atoms with E-state index < -0.39 is 0 Å². The maximum absolute atomic E-state index is 11.6. The predicted molar refractivity (Wildman–Crippen MR) is 103 cm³/mol. The predicted octanol–water partition coefficient (Wildman–Crippen LogP) is 6.98. The van der Waals surface area contributed by atoms with Gasteiger partial charge in [-0.25, -0.2) is 0 Å². The second-order valence-corrected chi connectivity index (χ2v) is 7.43. The molecule has 2 heteroatoms. The summed E-state index contributed by atoms with van der Waals surface area (Å²) in [7, 11) is 0. The van der Waals surface area contributed by atoms with Gasteiger partial charge in [-0.3, -0.25) is 4.79 Å². The molecule has 0 unspecified atom stereocenters. The van der Waals surface area contributed by atoms with E-state index in [0.29, 0.717) is 13.0 Å². The fourth-order valence-corrected chi connectivity index (χ4v) is 3.03. The number of unbranched alkanes of at least 4 members (excludes halogenated alkanes) is 9. The SMILES string of the molecule is CCCCCC=CCCC(=O)OCCCCCCCCCC1CC1. The van der Waals surface area contributed by atoms with Crippen LogP contribution in [0.2, 0.25) is 0 Å². The first-order valence-electron chi connectivity index (χ1n) is 10.6. The zero-order chi connectivity index (χ0) is 17.3. The molecule has 0 radical (unpaired) electrons. The maximum Gasteiger partial charge on any atom is 0.306 e. The fraction of sp³-hybridized carbons (Fsp3) is 0.864. The Kier molecular flexibility index (Phi) is 13.9. The van der Waals surface area contributed by atoms with Crippen molar-refractivity contribution in [2.75, 3.05) is 6.61 Å². The Bertz CT molecular complexity index is 318. The van der Waals surface area contributed by atoms with Crippen molar-refractivity contribution in [3.8, 4) is 0 Å². The van der Waals surface area contributed by atoms with Gasteiger partial charge >= 0.3 is 5.97 Å². The fourth-order valence-electron chi connectivity index (χ4n) is 3.03. The minimum Gasteiger partial charge on any atom is -0.466 e. The lowest BCUT2D eigenvalue weighted by molar-refractivity contribution is -0.143. The first-order valence-corrected chi connectivity index (χ1v) is 10.6. The molecule has 2 nitrogen and oxygen atoms in total. The largest absolute Gasteiger partial charge is 0.466 e. The van der Waals surface area contributed by atoms with Crippen molar-refractivity contribution >= 4 is 5.97 Å². The summed E-state index contributed by atoms with van der Waals surface area (Å²) in [6, 6.07) is 0. The van der Waals surface area contributed by atoms with E-state index in [2.05, 4.69) is 19.1 Å². The normalized spacial score (nSPS) is 14.4. The molecule has 1 fully saturated rings. The smallest absolute Gasteiger partial charge is 0.306 e. The highest BCUT2D eigenvalue weighted by Crippen LogP contribution is 2.34. The molecule has 0 heterocycles. The average molecular weight is 337 g/mol. The van der Waals surface area contributed by atoms with Gasteiger partial charge in [0.05, 0.1) is 6.61 Å². The van der Waals surface area contributed by atoms with Crippen LogP contribution in [0.4, 0.5) is 0 Å². The molecule has 1 saturated carbocycles. The van der Waals surface area contributed by atoms with Gasteiger partial charge in [-0.15, -0.1) is 0 Å².